The molecule has 0 radical (unpaired) electrons. The summed E-state index contributed by atoms with van der Waals surface area (Å²) in [6, 6.07) is 2.74. The van der Waals surface area contributed by atoms with E-state index in [2.05, 4.69) is 10.6 Å². The highest BCUT2D eigenvalue weighted by Crippen LogP contribution is 2.35. The first kappa shape index (κ1) is 14.3. The van der Waals surface area contributed by atoms with Crippen LogP contribution < -0.4 is 21.1 Å². The van der Waals surface area contributed by atoms with Crippen LogP contribution in [0.3, 0.4) is 0 Å². The molecular formula is C11H12F3N3O3. The molecule has 0 saturated carbocycles. The number of hydrogen-bond acceptors (Lipinski definition) is 5. The maximum atomic E-state index is 12.2. The van der Waals surface area contributed by atoms with Crippen LogP contribution in [0.4, 0.5) is 30.2 Å². The minimum Gasteiger partial charge on any atom is -0.482 e. The molecule has 9 heteroatoms. The van der Waals surface area contributed by atoms with Gasteiger partial charge in [0.2, 0.25) is 0 Å². The Morgan fingerprint density at radius 3 is 2.85 bits per heavy atom. The Kier molecular flexibility index (Phi) is 3.62. The molecule has 1 amide bonds. The lowest BCUT2D eigenvalue weighted by Gasteiger charge is -2.21. The second kappa shape index (κ2) is 5.08. The van der Waals surface area contributed by atoms with E-state index in [9.17, 15) is 18.0 Å². The van der Waals surface area contributed by atoms with Gasteiger partial charge in [-0.25, -0.2) is 0 Å². The van der Waals surface area contributed by atoms with E-state index in [0.29, 0.717) is 11.4 Å². The number of fused-ring (bicyclic) bond motifs is 1. The molecular weight excluding hydrogens is 279 g/mol. The van der Waals surface area contributed by atoms with E-state index in [-0.39, 0.29) is 23.9 Å². The first-order valence-corrected chi connectivity index (χ1v) is 5.62. The summed E-state index contributed by atoms with van der Waals surface area (Å²) in [6.45, 7) is -0.896. The molecule has 6 nitrogen and oxygen atoms in total. The van der Waals surface area contributed by atoms with Gasteiger partial charge in [0.1, 0.15) is 5.75 Å². The Labute approximate surface area is 111 Å². The minimum atomic E-state index is -4.71. The van der Waals surface area contributed by atoms with Gasteiger partial charge in [0, 0.05) is 12.6 Å². The number of amides is 1. The van der Waals surface area contributed by atoms with Crippen molar-refractivity contribution < 1.29 is 27.8 Å². The number of carbonyl (C=O) groups is 1. The Morgan fingerprint density at radius 1 is 1.50 bits per heavy atom. The van der Waals surface area contributed by atoms with Crippen LogP contribution in [0.1, 0.15) is 0 Å². The van der Waals surface area contributed by atoms with Crippen molar-refractivity contribution in [2.45, 2.75) is 12.3 Å². The van der Waals surface area contributed by atoms with Crippen LogP contribution in [0.5, 0.6) is 5.75 Å². The van der Waals surface area contributed by atoms with E-state index in [4.69, 9.17) is 15.6 Å². The predicted octanol–water partition coefficient (Wildman–Crippen LogP) is 0.935. The van der Waals surface area contributed by atoms with Crippen molar-refractivity contribution in [3.8, 4) is 5.75 Å². The van der Waals surface area contributed by atoms with E-state index < -0.39 is 18.8 Å². The van der Waals surface area contributed by atoms with Crippen molar-refractivity contribution in [2.24, 2.45) is 0 Å². The molecule has 0 saturated heterocycles. The molecule has 0 fully saturated rings. The van der Waals surface area contributed by atoms with E-state index in [0.717, 1.165) is 0 Å². The highest BCUT2D eigenvalue weighted by Gasteiger charge is 2.37. The van der Waals surface area contributed by atoms with E-state index >= 15 is 0 Å². The highest BCUT2D eigenvalue weighted by molar-refractivity contribution is 5.97. The molecule has 110 valence electrons. The molecule has 0 aliphatic carbocycles. The Hall–Kier alpha value is -2.16. The van der Waals surface area contributed by atoms with Crippen LogP contribution in [0.2, 0.25) is 0 Å². The van der Waals surface area contributed by atoms with Gasteiger partial charge < -0.3 is 26.2 Å². The Balaban J connectivity index is 2.13. The molecule has 0 spiro atoms. The zero-order valence-corrected chi connectivity index (χ0v) is 10.1. The predicted molar refractivity (Wildman–Crippen MR) is 65.5 cm³/mol. The molecule has 0 aromatic heterocycles. The van der Waals surface area contributed by atoms with Crippen LogP contribution in [0, 0.1) is 0 Å². The third kappa shape index (κ3) is 3.05. The van der Waals surface area contributed by atoms with Crippen molar-refractivity contribution in [3.63, 3.8) is 0 Å². The number of nitrogens with one attached hydrogen (secondary N) is 2. The molecule has 5 N–H and O–H groups in total. The number of carbonyl (C=O) groups excluding carboxylic acids is 1. The zero-order valence-electron chi connectivity index (χ0n) is 10.1. The van der Waals surface area contributed by atoms with Gasteiger partial charge in [0.05, 0.1) is 17.1 Å². The number of aliphatic hydroxyl groups excluding tert-OH is 1. The number of aliphatic hydroxyl groups is 1. The zero-order chi connectivity index (χ0) is 14.9. The molecule has 1 aliphatic heterocycles. The third-order valence-corrected chi connectivity index (χ3v) is 2.65. The maximum absolute atomic E-state index is 12.2. The second-order valence-corrected chi connectivity index (χ2v) is 4.21. The molecule has 0 bridgehead atoms. The summed E-state index contributed by atoms with van der Waals surface area (Å²) in [7, 11) is 0. The van der Waals surface area contributed by atoms with Gasteiger partial charge in [-0.05, 0) is 6.07 Å². The highest BCUT2D eigenvalue weighted by atomic mass is 19.4. The second-order valence-electron chi connectivity index (χ2n) is 4.21. The molecule has 1 atom stereocenters. The molecule has 20 heavy (non-hydrogen) atoms. The normalized spacial score (nSPS) is 15.9. The summed E-state index contributed by atoms with van der Waals surface area (Å²) in [5.74, 6) is -0.0347. The molecule has 1 aliphatic rings. The average molecular weight is 291 g/mol. The standard InChI is InChI=1S/C11H12F3N3O3/c12-11(13,14)9(18)3-16-6-2-7-8(1-5(6)15)20-4-10(19)17-7/h1-2,9,16,18H,3-4,15H2,(H,17,19). The lowest BCUT2D eigenvalue weighted by Crippen LogP contribution is -2.35. The van der Waals surface area contributed by atoms with Crippen molar-refractivity contribution in [1.29, 1.82) is 0 Å². The fourth-order valence-corrected chi connectivity index (χ4v) is 1.62. The van der Waals surface area contributed by atoms with Crippen LogP contribution in [-0.2, 0) is 4.79 Å². The number of benzene rings is 1. The smallest absolute Gasteiger partial charge is 0.416 e. The number of rotatable bonds is 3. The fourth-order valence-electron chi connectivity index (χ4n) is 1.62. The molecule has 1 unspecified atom stereocenters. The fraction of sp³-hybridized carbons (Fsp3) is 0.364. The molecule has 1 aromatic rings. The topological polar surface area (TPSA) is 96.6 Å². The number of ether oxygens (including phenoxy) is 1. The summed E-state index contributed by atoms with van der Waals surface area (Å²) in [5, 5.41) is 13.8. The SMILES string of the molecule is Nc1cc2c(cc1NCC(O)C(F)(F)F)NC(=O)CO2. The van der Waals surface area contributed by atoms with Gasteiger partial charge >= 0.3 is 6.18 Å². The van der Waals surface area contributed by atoms with Gasteiger partial charge in [-0.3, -0.25) is 4.79 Å². The van der Waals surface area contributed by atoms with Crippen LogP contribution in [-0.4, -0.2) is 36.4 Å². The quantitative estimate of drug-likeness (QED) is 0.621. The van der Waals surface area contributed by atoms with Gasteiger partial charge in [-0.1, -0.05) is 0 Å². The van der Waals surface area contributed by atoms with Gasteiger partial charge in [0.15, 0.2) is 12.7 Å². The number of nitrogens with two attached hydrogens (primary N) is 1. The van der Waals surface area contributed by atoms with Crippen molar-refractivity contribution in [3.05, 3.63) is 12.1 Å². The minimum absolute atomic E-state index is 0.147. The van der Waals surface area contributed by atoms with Crippen LogP contribution >= 0.6 is 0 Å². The summed E-state index contributed by atoms with van der Waals surface area (Å²) in [4.78, 5) is 11.1. The van der Waals surface area contributed by atoms with Gasteiger partial charge in [-0.15, -0.1) is 0 Å². The van der Waals surface area contributed by atoms with E-state index in [1.807, 2.05) is 0 Å². The first-order valence-electron chi connectivity index (χ1n) is 5.62. The van der Waals surface area contributed by atoms with Gasteiger partial charge in [-0.2, -0.15) is 13.2 Å². The first-order chi connectivity index (χ1) is 9.27. The average Bonchev–Trinajstić information content (AvgIpc) is 2.35. The summed E-state index contributed by atoms with van der Waals surface area (Å²) in [6.07, 6.45) is -7.23. The summed E-state index contributed by atoms with van der Waals surface area (Å²) >= 11 is 0. The lowest BCUT2D eigenvalue weighted by atomic mass is 10.2. The molecule has 1 aromatic carbocycles. The monoisotopic (exact) mass is 291 g/mol. The van der Waals surface area contributed by atoms with Crippen molar-refractivity contribution in [2.75, 3.05) is 29.5 Å². The maximum Gasteiger partial charge on any atom is 0.416 e. The Morgan fingerprint density at radius 2 is 2.20 bits per heavy atom. The van der Waals surface area contributed by atoms with Crippen LogP contribution in [0.25, 0.3) is 0 Å². The Bertz CT molecular complexity index is 534. The third-order valence-electron chi connectivity index (χ3n) is 2.65. The molecule has 2 rings (SSSR count). The lowest BCUT2D eigenvalue weighted by molar-refractivity contribution is -0.198. The number of alkyl halides is 3. The largest absolute Gasteiger partial charge is 0.482 e. The number of hydrogen-bond donors (Lipinski definition) is 4. The van der Waals surface area contributed by atoms with Crippen molar-refractivity contribution >= 4 is 23.0 Å². The summed E-state index contributed by atoms with van der Waals surface area (Å²) < 4.78 is 41.6. The number of halogens is 3. The van der Waals surface area contributed by atoms with Gasteiger partial charge in [0.25, 0.3) is 5.91 Å². The number of nitrogen functional groups attached to an aromatic ring is 1. The van der Waals surface area contributed by atoms with E-state index in [1.54, 1.807) is 0 Å². The summed E-state index contributed by atoms with van der Waals surface area (Å²) in [5.41, 5.74) is 6.27. The number of anilines is 3. The van der Waals surface area contributed by atoms with Crippen LogP contribution in [0.15, 0.2) is 12.1 Å². The molecule has 1 heterocycles. The van der Waals surface area contributed by atoms with E-state index in [1.165, 1.54) is 12.1 Å². The van der Waals surface area contributed by atoms with Crippen molar-refractivity contribution in [1.82, 2.24) is 0 Å².